The van der Waals surface area contributed by atoms with Crippen molar-refractivity contribution in [3.05, 3.63) is 57.6 Å². The number of nitrogens with one attached hydrogen (secondary N) is 2. The lowest BCUT2D eigenvalue weighted by molar-refractivity contribution is -0.121. The maximum atomic E-state index is 12.2. The van der Waals surface area contributed by atoms with E-state index in [2.05, 4.69) is 33.2 Å². The van der Waals surface area contributed by atoms with Gasteiger partial charge in [0, 0.05) is 22.7 Å². The summed E-state index contributed by atoms with van der Waals surface area (Å²) < 4.78 is 5.97. The first kappa shape index (κ1) is 19.4. The van der Waals surface area contributed by atoms with Crippen molar-refractivity contribution in [1.29, 1.82) is 0 Å². The summed E-state index contributed by atoms with van der Waals surface area (Å²) in [7, 11) is 0. The fourth-order valence-electron chi connectivity index (χ4n) is 2.96. The van der Waals surface area contributed by atoms with Gasteiger partial charge in [0.25, 0.3) is 11.8 Å². The van der Waals surface area contributed by atoms with E-state index in [-0.39, 0.29) is 30.3 Å². The van der Waals surface area contributed by atoms with Gasteiger partial charge < -0.3 is 20.0 Å². The smallest absolute Gasteiger partial charge is 0.289 e. The second-order valence-electron chi connectivity index (χ2n) is 6.27. The molecule has 0 bridgehead atoms. The minimum atomic E-state index is -0.269. The Morgan fingerprint density at radius 2 is 1.85 bits per heavy atom. The molecule has 1 aliphatic rings. The van der Waals surface area contributed by atoms with E-state index in [9.17, 15) is 14.4 Å². The lowest BCUT2D eigenvalue weighted by Gasteiger charge is -2.31. The van der Waals surface area contributed by atoms with Crippen LogP contribution in [0.2, 0.25) is 0 Å². The van der Waals surface area contributed by atoms with Gasteiger partial charge in [-0.2, -0.15) is 0 Å². The highest BCUT2D eigenvalue weighted by atomic mass is 127. The maximum Gasteiger partial charge on any atom is 0.289 e. The third-order valence-corrected chi connectivity index (χ3v) is 5.35. The highest BCUT2D eigenvalue weighted by Gasteiger charge is 2.25. The lowest BCUT2D eigenvalue weighted by atomic mass is 10.0. The van der Waals surface area contributed by atoms with E-state index in [1.807, 2.05) is 12.1 Å². The summed E-state index contributed by atoms with van der Waals surface area (Å²) in [6.45, 7) is 1.04. The molecule has 8 heteroatoms. The van der Waals surface area contributed by atoms with Crippen molar-refractivity contribution in [2.75, 3.05) is 19.6 Å². The number of piperidine rings is 1. The van der Waals surface area contributed by atoms with Crippen LogP contribution < -0.4 is 10.6 Å². The van der Waals surface area contributed by atoms with Crippen LogP contribution in [0.15, 0.2) is 47.1 Å². The zero-order valence-electron chi connectivity index (χ0n) is 14.6. The van der Waals surface area contributed by atoms with E-state index >= 15 is 0 Å². The molecule has 0 aliphatic carbocycles. The van der Waals surface area contributed by atoms with Gasteiger partial charge in [-0.3, -0.25) is 14.4 Å². The Morgan fingerprint density at radius 1 is 1.11 bits per heavy atom. The minimum absolute atomic E-state index is 0.00749. The first-order valence-electron chi connectivity index (χ1n) is 8.69. The van der Waals surface area contributed by atoms with Gasteiger partial charge in [-0.25, -0.2) is 0 Å². The molecule has 2 N–H and O–H groups in total. The van der Waals surface area contributed by atoms with Crippen molar-refractivity contribution in [2.24, 2.45) is 0 Å². The summed E-state index contributed by atoms with van der Waals surface area (Å²) in [5.74, 6) is -0.302. The molecule has 0 radical (unpaired) electrons. The third kappa shape index (κ3) is 5.09. The summed E-state index contributed by atoms with van der Waals surface area (Å²) >= 11 is 2.09. The molecule has 0 spiro atoms. The molecule has 1 aliphatic heterocycles. The Bertz CT molecular complexity index is 814. The Balaban J connectivity index is 1.41. The third-order valence-electron chi connectivity index (χ3n) is 4.41. The number of halogens is 1. The Morgan fingerprint density at radius 3 is 2.52 bits per heavy atom. The molecule has 2 aromatic rings. The van der Waals surface area contributed by atoms with Gasteiger partial charge in [0.05, 0.1) is 18.4 Å². The van der Waals surface area contributed by atoms with Crippen molar-refractivity contribution in [2.45, 2.75) is 18.9 Å². The van der Waals surface area contributed by atoms with Crippen LogP contribution in [-0.4, -0.2) is 48.3 Å². The van der Waals surface area contributed by atoms with Crippen molar-refractivity contribution in [3.63, 3.8) is 0 Å². The average Bonchev–Trinajstić information content (AvgIpc) is 3.21. The Kier molecular flexibility index (Phi) is 6.49. The standard InChI is InChI=1S/C19H20IN3O4/c20-15-5-2-1-4-14(15)18(25)21-12-17(24)22-13-7-9-23(10-8-13)19(26)16-6-3-11-27-16/h1-6,11,13H,7-10,12H2,(H,21,25)(H,22,24). The molecule has 1 saturated heterocycles. The first-order valence-corrected chi connectivity index (χ1v) is 9.77. The van der Waals surface area contributed by atoms with Crippen LogP contribution in [0.4, 0.5) is 0 Å². The van der Waals surface area contributed by atoms with Crippen LogP contribution in [-0.2, 0) is 4.79 Å². The number of furan rings is 1. The highest BCUT2D eigenvalue weighted by Crippen LogP contribution is 2.14. The van der Waals surface area contributed by atoms with E-state index in [0.717, 1.165) is 3.57 Å². The van der Waals surface area contributed by atoms with Crippen molar-refractivity contribution >= 4 is 40.3 Å². The van der Waals surface area contributed by atoms with E-state index in [4.69, 9.17) is 4.42 Å². The van der Waals surface area contributed by atoms with Crippen molar-refractivity contribution in [3.8, 4) is 0 Å². The average molecular weight is 481 g/mol. The molecule has 7 nitrogen and oxygen atoms in total. The van der Waals surface area contributed by atoms with E-state index in [0.29, 0.717) is 37.3 Å². The second-order valence-corrected chi connectivity index (χ2v) is 7.44. The molecule has 3 amide bonds. The second kappa shape index (κ2) is 9.03. The fourth-order valence-corrected chi connectivity index (χ4v) is 3.60. The SMILES string of the molecule is O=C(CNC(=O)c1ccccc1I)NC1CCN(C(=O)c2ccco2)CC1. The lowest BCUT2D eigenvalue weighted by Crippen LogP contribution is -2.48. The molecule has 0 unspecified atom stereocenters. The molecule has 142 valence electrons. The normalized spacial score (nSPS) is 14.6. The topological polar surface area (TPSA) is 91.7 Å². The zero-order valence-corrected chi connectivity index (χ0v) is 16.8. The fraction of sp³-hybridized carbons (Fsp3) is 0.316. The molecule has 2 heterocycles. The summed E-state index contributed by atoms with van der Waals surface area (Å²) in [4.78, 5) is 38.2. The number of nitrogens with zero attached hydrogens (tertiary/aromatic N) is 1. The number of hydrogen-bond donors (Lipinski definition) is 2. The number of benzene rings is 1. The number of likely N-dealkylation sites (tertiary alicyclic amines) is 1. The maximum absolute atomic E-state index is 12.2. The van der Waals surface area contributed by atoms with E-state index in [1.165, 1.54) is 6.26 Å². The predicted molar refractivity (Wildman–Crippen MR) is 107 cm³/mol. The van der Waals surface area contributed by atoms with Crippen molar-refractivity contribution < 1.29 is 18.8 Å². The summed E-state index contributed by atoms with van der Waals surface area (Å²) in [6.07, 6.45) is 2.82. The molecule has 0 saturated carbocycles. The van der Waals surface area contributed by atoms with E-state index < -0.39 is 0 Å². The molecule has 27 heavy (non-hydrogen) atoms. The van der Waals surface area contributed by atoms with Crippen LogP contribution >= 0.6 is 22.6 Å². The van der Waals surface area contributed by atoms with Gasteiger partial charge in [0.2, 0.25) is 5.91 Å². The van der Waals surface area contributed by atoms with Gasteiger partial charge in [0.15, 0.2) is 5.76 Å². The van der Waals surface area contributed by atoms with Crippen LogP contribution in [0, 0.1) is 3.57 Å². The van der Waals surface area contributed by atoms with Crippen molar-refractivity contribution in [1.82, 2.24) is 15.5 Å². The number of carbonyl (C=O) groups excluding carboxylic acids is 3. The van der Waals surface area contributed by atoms with Crippen LogP contribution in [0.25, 0.3) is 0 Å². The molecule has 0 atom stereocenters. The summed E-state index contributed by atoms with van der Waals surface area (Å²) in [5, 5.41) is 5.56. The molecule has 1 aromatic carbocycles. The molecule has 1 aromatic heterocycles. The van der Waals surface area contributed by atoms with E-state index in [1.54, 1.807) is 29.2 Å². The molecule has 3 rings (SSSR count). The summed E-state index contributed by atoms with van der Waals surface area (Å²) in [6, 6.07) is 10.5. The number of hydrogen-bond acceptors (Lipinski definition) is 4. The van der Waals surface area contributed by atoms with Crippen LogP contribution in [0.5, 0.6) is 0 Å². The molecular weight excluding hydrogens is 461 g/mol. The predicted octanol–water partition coefficient (Wildman–Crippen LogP) is 2.04. The molecule has 1 fully saturated rings. The van der Waals surface area contributed by atoms with Crippen LogP contribution in [0.3, 0.4) is 0 Å². The summed E-state index contributed by atoms with van der Waals surface area (Å²) in [5.41, 5.74) is 0.552. The van der Waals surface area contributed by atoms with Gasteiger partial charge in [-0.05, 0) is 59.7 Å². The number of amides is 3. The Hall–Kier alpha value is -2.36. The monoisotopic (exact) mass is 481 g/mol. The minimum Gasteiger partial charge on any atom is -0.459 e. The first-order chi connectivity index (χ1) is 13.0. The Labute approximate surface area is 170 Å². The largest absolute Gasteiger partial charge is 0.459 e. The number of rotatable bonds is 5. The van der Waals surface area contributed by atoms with Gasteiger partial charge in [-0.1, -0.05) is 12.1 Å². The van der Waals surface area contributed by atoms with Gasteiger partial charge in [0.1, 0.15) is 0 Å². The quantitative estimate of drug-likeness (QED) is 0.640. The molecular formula is C19H20IN3O4. The number of carbonyl (C=O) groups is 3. The van der Waals surface area contributed by atoms with Gasteiger partial charge in [-0.15, -0.1) is 0 Å². The van der Waals surface area contributed by atoms with Gasteiger partial charge >= 0.3 is 0 Å². The highest BCUT2D eigenvalue weighted by molar-refractivity contribution is 14.1. The zero-order chi connectivity index (χ0) is 19.2. The van der Waals surface area contributed by atoms with Crippen LogP contribution in [0.1, 0.15) is 33.8 Å².